The summed E-state index contributed by atoms with van der Waals surface area (Å²) in [6.45, 7) is 7.18. The molecule has 1 aromatic carbocycles. The lowest BCUT2D eigenvalue weighted by Crippen LogP contribution is -3.11. The molecule has 3 N–H and O–H groups in total. The van der Waals surface area contributed by atoms with E-state index in [4.69, 9.17) is 0 Å². The van der Waals surface area contributed by atoms with E-state index >= 15 is 0 Å². The molecule has 92 valence electrons. The highest BCUT2D eigenvalue weighted by molar-refractivity contribution is 5.83. The van der Waals surface area contributed by atoms with Gasteiger partial charge in [-0.15, -0.1) is 0 Å². The van der Waals surface area contributed by atoms with Crippen LogP contribution in [-0.4, -0.2) is 29.7 Å². The average molecular weight is 233 g/mol. The van der Waals surface area contributed by atoms with E-state index in [-0.39, 0.29) is 6.10 Å². The second kappa shape index (κ2) is 5.34. The predicted molar refractivity (Wildman–Crippen MR) is 70.2 cm³/mol. The molecule has 3 heteroatoms. The van der Waals surface area contributed by atoms with Crippen LogP contribution in [0.3, 0.4) is 0 Å². The van der Waals surface area contributed by atoms with Gasteiger partial charge in [0.25, 0.3) is 0 Å². The zero-order chi connectivity index (χ0) is 12.3. The molecule has 17 heavy (non-hydrogen) atoms. The highest BCUT2D eigenvalue weighted by atomic mass is 16.3. The Labute approximate surface area is 102 Å². The molecule has 0 aliphatic heterocycles. The van der Waals surface area contributed by atoms with Crippen LogP contribution in [0.2, 0.25) is 0 Å². The van der Waals surface area contributed by atoms with Gasteiger partial charge < -0.3 is 15.0 Å². The van der Waals surface area contributed by atoms with Gasteiger partial charge in [0, 0.05) is 22.7 Å². The van der Waals surface area contributed by atoms with E-state index in [1.54, 1.807) is 0 Å². The Hall–Kier alpha value is -1.32. The Morgan fingerprint density at radius 2 is 1.94 bits per heavy atom. The lowest BCUT2D eigenvalue weighted by Gasteiger charge is -2.19. The number of aromatic nitrogens is 1. The lowest BCUT2D eigenvalue weighted by atomic mass is 10.1. The highest BCUT2D eigenvalue weighted by Crippen LogP contribution is 2.22. The fraction of sp³-hybridized carbons (Fsp3) is 0.429. The second-order valence-corrected chi connectivity index (χ2v) is 4.47. The molecule has 0 fully saturated rings. The van der Waals surface area contributed by atoms with Gasteiger partial charge in [-0.1, -0.05) is 18.2 Å². The van der Waals surface area contributed by atoms with Crippen molar-refractivity contribution in [3.8, 4) is 0 Å². The summed E-state index contributed by atoms with van der Waals surface area (Å²) >= 11 is 0. The monoisotopic (exact) mass is 233 g/mol. The topological polar surface area (TPSA) is 40.5 Å². The minimum atomic E-state index is -0.388. The molecular formula is C14H21N2O+. The normalized spacial score (nSPS) is 13.4. The summed E-state index contributed by atoms with van der Waals surface area (Å²) < 4.78 is 0. The Morgan fingerprint density at radius 1 is 1.24 bits per heavy atom. The molecule has 0 bridgehead atoms. The summed E-state index contributed by atoms with van der Waals surface area (Å²) in [5.41, 5.74) is 2.11. The highest BCUT2D eigenvalue weighted by Gasteiger charge is 2.17. The van der Waals surface area contributed by atoms with Crippen molar-refractivity contribution in [3.05, 3.63) is 36.0 Å². The molecular weight excluding hydrogens is 212 g/mol. The van der Waals surface area contributed by atoms with Crippen LogP contribution in [0, 0.1) is 0 Å². The van der Waals surface area contributed by atoms with E-state index in [0.29, 0.717) is 0 Å². The van der Waals surface area contributed by atoms with Crippen LogP contribution >= 0.6 is 0 Å². The quantitative estimate of drug-likeness (QED) is 0.712. The first kappa shape index (κ1) is 12.1. The van der Waals surface area contributed by atoms with E-state index in [9.17, 15) is 5.11 Å². The third-order valence-electron chi connectivity index (χ3n) is 3.46. The van der Waals surface area contributed by atoms with Crippen molar-refractivity contribution in [2.24, 2.45) is 0 Å². The molecule has 1 atom stereocenters. The zero-order valence-corrected chi connectivity index (χ0v) is 10.5. The fourth-order valence-electron chi connectivity index (χ4n) is 2.29. The Bertz CT molecular complexity index is 474. The Kier molecular flexibility index (Phi) is 3.82. The molecule has 0 saturated heterocycles. The molecule has 0 unspecified atom stereocenters. The van der Waals surface area contributed by atoms with Gasteiger partial charge in [-0.05, 0) is 19.9 Å². The summed E-state index contributed by atoms with van der Waals surface area (Å²) in [5.74, 6) is 0. The van der Waals surface area contributed by atoms with Crippen LogP contribution in [0.1, 0.15) is 25.5 Å². The van der Waals surface area contributed by atoms with Crippen LogP contribution in [0.5, 0.6) is 0 Å². The van der Waals surface area contributed by atoms with E-state index in [2.05, 4.69) is 24.9 Å². The number of likely N-dealkylation sites (N-methyl/N-ethyl adjacent to an activating group) is 1. The SMILES string of the molecule is CC[NH+](CC)C[C@@H](O)c1c[nH]c2ccccc12. The van der Waals surface area contributed by atoms with Crippen LogP contribution in [0.4, 0.5) is 0 Å². The first-order valence-corrected chi connectivity index (χ1v) is 6.33. The number of hydrogen-bond donors (Lipinski definition) is 3. The van der Waals surface area contributed by atoms with E-state index in [1.807, 2.05) is 24.4 Å². The van der Waals surface area contributed by atoms with Crippen molar-refractivity contribution in [2.45, 2.75) is 20.0 Å². The van der Waals surface area contributed by atoms with Gasteiger partial charge in [0.2, 0.25) is 0 Å². The predicted octanol–water partition coefficient (Wildman–Crippen LogP) is 1.13. The molecule has 1 heterocycles. The third kappa shape index (κ3) is 2.51. The van der Waals surface area contributed by atoms with Gasteiger partial charge in [-0.2, -0.15) is 0 Å². The van der Waals surface area contributed by atoms with Crippen molar-refractivity contribution in [1.29, 1.82) is 0 Å². The zero-order valence-electron chi connectivity index (χ0n) is 10.5. The third-order valence-corrected chi connectivity index (χ3v) is 3.46. The molecule has 0 saturated carbocycles. The molecule has 1 aromatic heterocycles. The molecule has 0 amide bonds. The fourth-order valence-corrected chi connectivity index (χ4v) is 2.29. The first-order valence-electron chi connectivity index (χ1n) is 6.33. The Balaban J connectivity index is 2.21. The average Bonchev–Trinajstić information content (AvgIpc) is 2.79. The minimum absolute atomic E-state index is 0.388. The van der Waals surface area contributed by atoms with Crippen LogP contribution in [0.15, 0.2) is 30.5 Å². The molecule has 2 rings (SSSR count). The molecule has 0 spiro atoms. The van der Waals surface area contributed by atoms with Crippen LogP contribution in [-0.2, 0) is 0 Å². The maximum Gasteiger partial charge on any atom is 0.130 e. The van der Waals surface area contributed by atoms with Gasteiger partial charge in [0.1, 0.15) is 12.6 Å². The van der Waals surface area contributed by atoms with Crippen molar-refractivity contribution >= 4 is 10.9 Å². The Morgan fingerprint density at radius 3 is 2.65 bits per heavy atom. The summed E-state index contributed by atoms with van der Waals surface area (Å²) in [6.07, 6.45) is 1.54. The van der Waals surface area contributed by atoms with Gasteiger partial charge in [-0.25, -0.2) is 0 Å². The number of aliphatic hydroxyl groups is 1. The number of rotatable bonds is 5. The summed E-state index contributed by atoms with van der Waals surface area (Å²) in [5, 5.41) is 11.4. The van der Waals surface area contributed by atoms with Crippen molar-refractivity contribution in [1.82, 2.24) is 4.98 Å². The standard InChI is InChI=1S/C14H20N2O/c1-3-16(4-2)10-14(17)12-9-15-13-8-6-5-7-11(12)13/h5-9,14-15,17H,3-4,10H2,1-2H3/p+1/t14-/m1/s1. The smallest absolute Gasteiger partial charge is 0.130 e. The number of hydrogen-bond acceptors (Lipinski definition) is 1. The maximum atomic E-state index is 10.3. The molecule has 3 nitrogen and oxygen atoms in total. The van der Waals surface area contributed by atoms with Crippen molar-refractivity contribution in [2.75, 3.05) is 19.6 Å². The van der Waals surface area contributed by atoms with Gasteiger partial charge >= 0.3 is 0 Å². The van der Waals surface area contributed by atoms with E-state index < -0.39 is 0 Å². The van der Waals surface area contributed by atoms with Crippen LogP contribution < -0.4 is 4.90 Å². The molecule has 0 radical (unpaired) electrons. The number of benzene rings is 1. The summed E-state index contributed by atoms with van der Waals surface area (Å²) in [7, 11) is 0. The number of nitrogens with one attached hydrogen (secondary N) is 2. The minimum Gasteiger partial charge on any atom is -0.382 e. The van der Waals surface area contributed by atoms with E-state index in [0.717, 1.165) is 36.1 Å². The largest absolute Gasteiger partial charge is 0.382 e. The number of quaternary nitrogens is 1. The van der Waals surface area contributed by atoms with Gasteiger partial charge in [0.15, 0.2) is 0 Å². The number of fused-ring (bicyclic) bond motifs is 1. The lowest BCUT2D eigenvalue weighted by molar-refractivity contribution is -0.900. The molecule has 0 aliphatic carbocycles. The van der Waals surface area contributed by atoms with Crippen LogP contribution in [0.25, 0.3) is 10.9 Å². The first-order chi connectivity index (χ1) is 8.26. The van der Waals surface area contributed by atoms with Gasteiger partial charge in [-0.3, -0.25) is 0 Å². The second-order valence-electron chi connectivity index (χ2n) is 4.47. The van der Waals surface area contributed by atoms with Crippen molar-refractivity contribution in [3.63, 3.8) is 0 Å². The van der Waals surface area contributed by atoms with Crippen molar-refractivity contribution < 1.29 is 10.0 Å². The summed E-state index contributed by atoms with van der Waals surface area (Å²) in [6, 6.07) is 8.11. The number of aliphatic hydroxyl groups excluding tert-OH is 1. The molecule has 2 aromatic rings. The number of aromatic amines is 1. The number of para-hydroxylation sites is 1. The van der Waals surface area contributed by atoms with Gasteiger partial charge in [0.05, 0.1) is 13.1 Å². The molecule has 0 aliphatic rings. The maximum absolute atomic E-state index is 10.3. The number of H-pyrrole nitrogens is 1. The van der Waals surface area contributed by atoms with E-state index in [1.165, 1.54) is 4.90 Å². The summed E-state index contributed by atoms with van der Waals surface area (Å²) in [4.78, 5) is 4.63.